The van der Waals surface area contributed by atoms with Gasteiger partial charge in [0.2, 0.25) is 0 Å². The van der Waals surface area contributed by atoms with Crippen molar-refractivity contribution < 1.29 is 23.5 Å². The largest absolute Gasteiger partial charge is 0.469 e. The Balaban J connectivity index is 2.73. The Labute approximate surface area is 87.0 Å². The van der Waals surface area contributed by atoms with E-state index in [0.717, 1.165) is 0 Å². The second kappa shape index (κ2) is 5.19. The Morgan fingerprint density at radius 3 is 2.33 bits per heavy atom. The van der Waals surface area contributed by atoms with Crippen LogP contribution in [-0.4, -0.2) is 26.2 Å². The lowest BCUT2D eigenvalue weighted by Gasteiger charge is -2.10. The Morgan fingerprint density at radius 2 is 1.93 bits per heavy atom. The molecule has 82 valence electrons. The van der Waals surface area contributed by atoms with Gasteiger partial charge in [-0.15, -0.1) is 0 Å². The first-order chi connectivity index (χ1) is 7.19. The monoisotopic (exact) mass is 212 g/mol. The van der Waals surface area contributed by atoms with Crippen molar-refractivity contribution in [3.05, 3.63) is 24.2 Å². The van der Waals surface area contributed by atoms with E-state index >= 15 is 0 Å². The van der Waals surface area contributed by atoms with Crippen LogP contribution in [0.5, 0.6) is 0 Å². The first-order valence-corrected chi connectivity index (χ1v) is 4.37. The highest BCUT2D eigenvalue weighted by Crippen LogP contribution is 2.12. The molecule has 0 saturated heterocycles. The third kappa shape index (κ3) is 2.83. The van der Waals surface area contributed by atoms with E-state index in [1.807, 2.05) is 0 Å². The van der Waals surface area contributed by atoms with E-state index in [-0.39, 0.29) is 6.42 Å². The van der Waals surface area contributed by atoms with Crippen molar-refractivity contribution in [1.29, 1.82) is 0 Å². The molecule has 1 rings (SSSR count). The number of carbonyl (C=O) groups excluding carboxylic acids is 2. The summed E-state index contributed by atoms with van der Waals surface area (Å²) in [6.45, 7) is 0. The van der Waals surface area contributed by atoms with E-state index in [9.17, 15) is 9.59 Å². The molecule has 0 saturated carbocycles. The second-order valence-electron chi connectivity index (χ2n) is 2.88. The zero-order chi connectivity index (χ0) is 11.3. The first-order valence-electron chi connectivity index (χ1n) is 4.37. The van der Waals surface area contributed by atoms with Gasteiger partial charge in [-0.2, -0.15) is 0 Å². The average molecular weight is 212 g/mol. The summed E-state index contributed by atoms with van der Waals surface area (Å²) in [5.74, 6) is -1.68. The van der Waals surface area contributed by atoms with Gasteiger partial charge in [-0.25, -0.2) is 0 Å². The maximum absolute atomic E-state index is 11.3. The number of rotatable bonds is 4. The summed E-state index contributed by atoms with van der Waals surface area (Å²) < 4.78 is 14.0. The van der Waals surface area contributed by atoms with Crippen molar-refractivity contribution in [3.8, 4) is 0 Å². The molecule has 1 aromatic rings. The fourth-order valence-corrected chi connectivity index (χ4v) is 1.18. The molecule has 0 fully saturated rings. The zero-order valence-corrected chi connectivity index (χ0v) is 8.56. The van der Waals surface area contributed by atoms with Crippen molar-refractivity contribution in [1.82, 2.24) is 0 Å². The van der Waals surface area contributed by atoms with Crippen molar-refractivity contribution >= 4 is 11.9 Å². The highest BCUT2D eigenvalue weighted by atomic mass is 16.5. The summed E-state index contributed by atoms with van der Waals surface area (Å²) in [5.41, 5.74) is 0. The molecule has 0 aliphatic carbocycles. The number of carbonyl (C=O) groups is 2. The molecule has 1 aromatic heterocycles. The lowest BCUT2D eigenvalue weighted by molar-refractivity contribution is -0.158. The van der Waals surface area contributed by atoms with Gasteiger partial charge in [-0.3, -0.25) is 9.59 Å². The van der Waals surface area contributed by atoms with E-state index in [1.165, 1.54) is 20.5 Å². The molecule has 0 unspecified atom stereocenters. The Bertz CT molecular complexity index is 312. The van der Waals surface area contributed by atoms with Gasteiger partial charge in [-0.1, -0.05) is 0 Å². The molecule has 0 amide bonds. The maximum atomic E-state index is 11.3. The van der Waals surface area contributed by atoms with Gasteiger partial charge in [0.1, 0.15) is 5.76 Å². The van der Waals surface area contributed by atoms with Crippen LogP contribution in [0.1, 0.15) is 5.76 Å². The number of methoxy groups -OCH3 is 2. The fraction of sp³-hybridized carbons (Fsp3) is 0.400. The van der Waals surface area contributed by atoms with Gasteiger partial charge in [0.25, 0.3) is 0 Å². The predicted octanol–water partition coefficient (Wildman–Crippen LogP) is 0.784. The summed E-state index contributed by atoms with van der Waals surface area (Å²) >= 11 is 0. The SMILES string of the molecule is COC(=O)C(Cc1ccco1)C(=O)OC. The molecule has 0 N–H and O–H groups in total. The first kappa shape index (κ1) is 11.3. The van der Waals surface area contributed by atoms with Crippen LogP contribution < -0.4 is 0 Å². The summed E-state index contributed by atoms with van der Waals surface area (Å²) in [7, 11) is 2.45. The van der Waals surface area contributed by atoms with Crippen LogP contribution in [0.15, 0.2) is 22.8 Å². The highest BCUT2D eigenvalue weighted by molar-refractivity contribution is 5.95. The number of furan rings is 1. The Kier molecular flexibility index (Phi) is 3.91. The molecule has 0 bridgehead atoms. The van der Waals surface area contributed by atoms with Gasteiger partial charge < -0.3 is 13.9 Å². The van der Waals surface area contributed by atoms with Crippen LogP contribution >= 0.6 is 0 Å². The van der Waals surface area contributed by atoms with Crippen LogP contribution in [0.25, 0.3) is 0 Å². The van der Waals surface area contributed by atoms with Crippen molar-refractivity contribution in [2.24, 2.45) is 5.92 Å². The van der Waals surface area contributed by atoms with E-state index < -0.39 is 17.9 Å². The second-order valence-corrected chi connectivity index (χ2v) is 2.88. The van der Waals surface area contributed by atoms with Crippen molar-refractivity contribution in [3.63, 3.8) is 0 Å². The predicted molar refractivity (Wildman–Crippen MR) is 49.9 cm³/mol. The van der Waals surface area contributed by atoms with Crippen LogP contribution in [0.3, 0.4) is 0 Å². The maximum Gasteiger partial charge on any atom is 0.320 e. The van der Waals surface area contributed by atoms with Crippen molar-refractivity contribution in [2.75, 3.05) is 14.2 Å². The van der Waals surface area contributed by atoms with E-state index in [0.29, 0.717) is 5.76 Å². The minimum Gasteiger partial charge on any atom is -0.469 e. The lowest BCUT2D eigenvalue weighted by atomic mass is 10.0. The molecule has 0 atom stereocenters. The number of hydrogen-bond acceptors (Lipinski definition) is 5. The van der Waals surface area contributed by atoms with Gasteiger partial charge in [0.05, 0.1) is 20.5 Å². The number of hydrogen-bond donors (Lipinski definition) is 0. The smallest absolute Gasteiger partial charge is 0.320 e. The molecule has 0 spiro atoms. The molecule has 15 heavy (non-hydrogen) atoms. The van der Waals surface area contributed by atoms with Crippen molar-refractivity contribution in [2.45, 2.75) is 6.42 Å². The van der Waals surface area contributed by atoms with Gasteiger partial charge >= 0.3 is 11.9 Å². The molecule has 1 heterocycles. The molecule has 5 heteroatoms. The molecule has 0 aliphatic rings. The number of ether oxygens (including phenoxy) is 2. The van der Waals surface area contributed by atoms with Gasteiger partial charge in [0, 0.05) is 6.42 Å². The van der Waals surface area contributed by atoms with Crippen LogP contribution in [0, 0.1) is 5.92 Å². The molecule has 0 aliphatic heterocycles. The average Bonchev–Trinajstić information content (AvgIpc) is 2.76. The Hall–Kier alpha value is -1.78. The molecule has 0 aromatic carbocycles. The molecular weight excluding hydrogens is 200 g/mol. The van der Waals surface area contributed by atoms with Gasteiger partial charge in [-0.05, 0) is 12.1 Å². The summed E-state index contributed by atoms with van der Waals surface area (Å²) in [4.78, 5) is 22.5. The minimum absolute atomic E-state index is 0.145. The van der Waals surface area contributed by atoms with Crippen LogP contribution in [-0.2, 0) is 25.5 Å². The topological polar surface area (TPSA) is 65.7 Å². The summed E-state index contributed by atoms with van der Waals surface area (Å²) in [6.07, 6.45) is 1.62. The third-order valence-corrected chi connectivity index (χ3v) is 1.96. The van der Waals surface area contributed by atoms with E-state index in [4.69, 9.17) is 4.42 Å². The molecule has 0 radical (unpaired) electrons. The van der Waals surface area contributed by atoms with Crippen LogP contribution in [0.2, 0.25) is 0 Å². The Morgan fingerprint density at radius 1 is 1.33 bits per heavy atom. The highest BCUT2D eigenvalue weighted by Gasteiger charge is 2.29. The third-order valence-electron chi connectivity index (χ3n) is 1.96. The minimum atomic E-state index is -0.967. The fourth-order valence-electron chi connectivity index (χ4n) is 1.18. The van der Waals surface area contributed by atoms with Gasteiger partial charge in [0.15, 0.2) is 5.92 Å². The van der Waals surface area contributed by atoms with E-state index in [2.05, 4.69) is 9.47 Å². The van der Waals surface area contributed by atoms with E-state index in [1.54, 1.807) is 12.1 Å². The lowest BCUT2D eigenvalue weighted by Crippen LogP contribution is -2.28. The molecule has 5 nitrogen and oxygen atoms in total. The number of esters is 2. The normalized spacial score (nSPS) is 10.1. The quantitative estimate of drug-likeness (QED) is 0.545. The summed E-state index contributed by atoms with van der Waals surface area (Å²) in [5, 5.41) is 0. The van der Waals surface area contributed by atoms with Crippen LogP contribution in [0.4, 0.5) is 0 Å². The zero-order valence-electron chi connectivity index (χ0n) is 8.56. The summed E-state index contributed by atoms with van der Waals surface area (Å²) in [6, 6.07) is 3.36. The standard InChI is InChI=1S/C10H12O5/c1-13-9(11)8(10(12)14-2)6-7-4-3-5-15-7/h3-5,8H,6H2,1-2H3. The molecular formula is C10H12O5.